The maximum absolute atomic E-state index is 13.1. The van der Waals surface area contributed by atoms with Gasteiger partial charge in [0.05, 0.1) is 26.4 Å². The van der Waals surface area contributed by atoms with E-state index in [9.17, 15) is 43.2 Å². The quantitative estimate of drug-likeness (QED) is 0.0169. The first-order valence-corrected chi connectivity index (χ1v) is 42.8. The lowest BCUT2D eigenvalue weighted by Gasteiger charge is -2.21. The molecule has 580 valence electrons. The van der Waals surface area contributed by atoms with Crippen molar-refractivity contribution in [2.75, 3.05) is 39.6 Å². The summed E-state index contributed by atoms with van der Waals surface area (Å²) in [7, 11) is -9.95. The van der Waals surface area contributed by atoms with Crippen LogP contribution in [0, 0.1) is 0 Å². The Hall–Kier alpha value is -3.76. The van der Waals surface area contributed by atoms with E-state index in [1.54, 1.807) is 0 Å². The number of carbonyl (C=O) groups is 4. The van der Waals surface area contributed by atoms with Crippen molar-refractivity contribution in [1.82, 2.24) is 0 Å². The molecule has 0 heterocycles. The van der Waals surface area contributed by atoms with Crippen molar-refractivity contribution >= 4 is 39.5 Å². The van der Waals surface area contributed by atoms with Gasteiger partial charge >= 0.3 is 39.5 Å². The zero-order valence-electron chi connectivity index (χ0n) is 63.4. The van der Waals surface area contributed by atoms with Crippen LogP contribution in [0.5, 0.6) is 0 Å². The Morgan fingerprint density at radius 3 is 0.840 bits per heavy atom. The Morgan fingerprint density at radius 2 is 0.530 bits per heavy atom. The summed E-state index contributed by atoms with van der Waals surface area (Å²) in [6, 6.07) is 0. The second kappa shape index (κ2) is 73.5. The highest BCUT2D eigenvalue weighted by molar-refractivity contribution is 7.47. The second-order valence-electron chi connectivity index (χ2n) is 26.6. The van der Waals surface area contributed by atoms with Gasteiger partial charge < -0.3 is 33.8 Å². The number of hydrogen-bond acceptors (Lipinski definition) is 15. The van der Waals surface area contributed by atoms with Crippen LogP contribution in [-0.2, 0) is 65.4 Å². The largest absolute Gasteiger partial charge is 0.472 e. The minimum atomic E-state index is -4.98. The number of phosphoric ester groups is 2. The summed E-state index contributed by atoms with van der Waals surface area (Å²) in [5.41, 5.74) is 0. The van der Waals surface area contributed by atoms with Crippen molar-refractivity contribution in [3.8, 4) is 0 Å². The van der Waals surface area contributed by atoms with Crippen LogP contribution >= 0.6 is 15.6 Å². The highest BCUT2D eigenvalue weighted by Crippen LogP contribution is 2.45. The van der Waals surface area contributed by atoms with Crippen molar-refractivity contribution in [3.05, 3.63) is 85.1 Å². The van der Waals surface area contributed by atoms with Crippen LogP contribution < -0.4 is 0 Å². The molecule has 0 saturated carbocycles. The predicted octanol–water partition coefficient (Wildman–Crippen LogP) is 23.0. The molecule has 5 unspecified atom stereocenters. The summed E-state index contributed by atoms with van der Waals surface area (Å²) in [6.45, 7) is 4.64. The molecule has 100 heavy (non-hydrogen) atoms. The van der Waals surface area contributed by atoms with E-state index in [1.807, 2.05) is 0 Å². The molecule has 0 aliphatic rings. The molecular formula is C81H144O17P2. The molecule has 0 radical (unpaired) electrons. The number of phosphoric acid groups is 2. The molecule has 17 nitrogen and oxygen atoms in total. The third kappa shape index (κ3) is 72.6. The Labute approximate surface area is 608 Å². The van der Waals surface area contributed by atoms with Gasteiger partial charge in [0.1, 0.15) is 19.3 Å². The Bertz CT molecular complexity index is 2230. The summed E-state index contributed by atoms with van der Waals surface area (Å²) < 4.78 is 68.6. The number of aliphatic hydroxyl groups is 1. The van der Waals surface area contributed by atoms with Gasteiger partial charge in [-0.25, -0.2) is 9.13 Å². The Balaban J connectivity index is 5.32. The van der Waals surface area contributed by atoms with Crippen LogP contribution in [-0.4, -0.2) is 96.7 Å². The Morgan fingerprint density at radius 1 is 0.290 bits per heavy atom. The fraction of sp³-hybridized carbons (Fsp3) is 0.778. The number of allylic oxidation sites excluding steroid dienone is 14. The van der Waals surface area contributed by atoms with Gasteiger partial charge in [0.15, 0.2) is 12.2 Å². The predicted molar refractivity (Wildman–Crippen MR) is 409 cm³/mol. The number of rotatable bonds is 75. The maximum Gasteiger partial charge on any atom is 0.472 e. The molecule has 0 bridgehead atoms. The Kier molecular flexibility index (Phi) is 70.8. The van der Waals surface area contributed by atoms with Crippen molar-refractivity contribution in [2.45, 2.75) is 367 Å². The van der Waals surface area contributed by atoms with Crippen LogP contribution in [0.25, 0.3) is 0 Å². The lowest BCUT2D eigenvalue weighted by Crippen LogP contribution is -2.30. The number of esters is 4. The van der Waals surface area contributed by atoms with Crippen LogP contribution in [0.4, 0.5) is 0 Å². The molecule has 0 amide bonds. The zero-order chi connectivity index (χ0) is 73.2. The summed E-state index contributed by atoms with van der Waals surface area (Å²) in [4.78, 5) is 72.9. The molecule has 0 aromatic rings. The minimum Gasteiger partial charge on any atom is -0.462 e. The monoisotopic (exact) mass is 1450 g/mol. The lowest BCUT2D eigenvalue weighted by molar-refractivity contribution is -0.161. The average Bonchev–Trinajstić information content (AvgIpc) is 1.00. The molecule has 3 N–H and O–H groups in total. The maximum atomic E-state index is 13.1. The number of hydrogen-bond donors (Lipinski definition) is 3. The van der Waals surface area contributed by atoms with E-state index in [0.717, 1.165) is 186 Å². The summed E-state index contributed by atoms with van der Waals surface area (Å²) in [5.74, 6) is -2.18. The molecule has 0 aliphatic carbocycles. The third-order valence-corrected chi connectivity index (χ3v) is 18.8. The van der Waals surface area contributed by atoms with E-state index in [0.29, 0.717) is 25.7 Å². The van der Waals surface area contributed by atoms with Gasteiger partial charge in [-0.3, -0.25) is 37.3 Å². The summed E-state index contributed by atoms with van der Waals surface area (Å²) >= 11 is 0. The second-order valence-corrected chi connectivity index (χ2v) is 29.5. The van der Waals surface area contributed by atoms with Crippen LogP contribution in [0.3, 0.4) is 0 Å². The fourth-order valence-electron chi connectivity index (χ4n) is 10.8. The minimum absolute atomic E-state index is 0.0825. The van der Waals surface area contributed by atoms with Crippen LogP contribution in [0.2, 0.25) is 0 Å². The molecule has 0 spiro atoms. The standard InChI is InChI=1S/C81H144O17P2/c1-5-9-13-17-21-25-29-32-35-37-40-43-47-50-54-58-62-66-79(84)92-72-77(98-81(86)68-64-60-56-52-48-44-41-38-36-33-30-26-22-18-14-10-6-2)74-96-100(89,90)94-70-75(82)69-93-99(87,88)95-73-76(97-80(85)67-63-59-55-51-45-28-24-20-16-12-8-4)71-91-78(83)65-61-57-53-49-46-42-39-34-31-27-23-19-15-11-7-3/h9-10,13-14,20-22,24-26,32-33,35-36,75-77,82H,5-8,11-12,15-19,23,27-31,34,37-74H2,1-4H3,(H,87,88)(H,89,90)/b13-9-,14-10-,24-20-,25-21-,26-22-,35-32-,36-33-. The van der Waals surface area contributed by atoms with Gasteiger partial charge in [-0.2, -0.15) is 0 Å². The number of ether oxygens (including phenoxy) is 4. The molecule has 0 rings (SSSR count). The SMILES string of the molecule is CC/C=C\C/C=C\C/C=C\CCCCCCCCCC(=O)OCC(COP(=O)(O)OCC(O)COP(=O)(O)OCC(COC(=O)CCCCCCCCCCCCCCCCC)OC(=O)CCCCCCC/C=C\CCCC)OC(=O)CCCCCCCCC/C=C\C/C=C\C/C=C\CC. The molecule has 19 heteroatoms. The third-order valence-electron chi connectivity index (χ3n) is 16.9. The van der Waals surface area contributed by atoms with Gasteiger partial charge in [0.2, 0.25) is 0 Å². The zero-order valence-corrected chi connectivity index (χ0v) is 65.2. The lowest BCUT2D eigenvalue weighted by atomic mass is 10.0. The van der Waals surface area contributed by atoms with E-state index in [-0.39, 0.29) is 25.7 Å². The normalized spacial score (nSPS) is 14.3. The van der Waals surface area contributed by atoms with Crippen molar-refractivity contribution in [3.63, 3.8) is 0 Å². The van der Waals surface area contributed by atoms with Crippen molar-refractivity contribution < 1.29 is 80.2 Å². The van der Waals surface area contributed by atoms with Crippen LogP contribution in [0.1, 0.15) is 349 Å². The number of aliphatic hydroxyl groups excluding tert-OH is 1. The van der Waals surface area contributed by atoms with Gasteiger partial charge in [0, 0.05) is 25.7 Å². The van der Waals surface area contributed by atoms with Crippen LogP contribution in [0.15, 0.2) is 85.1 Å². The highest BCUT2D eigenvalue weighted by atomic mass is 31.2. The average molecular weight is 1450 g/mol. The molecule has 0 fully saturated rings. The highest BCUT2D eigenvalue weighted by Gasteiger charge is 2.30. The molecule has 5 atom stereocenters. The smallest absolute Gasteiger partial charge is 0.462 e. The first-order chi connectivity index (χ1) is 48.7. The van der Waals surface area contributed by atoms with Gasteiger partial charge in [-0.15, -0.1) is 0 Å². The summed E-state index contributed by atoms with van der Waals surface area (Å²) in [5, 5.41) is 10.6. The first-order valence-electron chi connectivity index (χ1n) is 39.8. The van der Waals surface area contributed by atoms with E-state index in [1.165, 1.54) is 83.5 Å². The molecular weight excluding hydrogens is 1310 g/mol. The van der Waals surface area contributed by atoms with E-state index in [4.69, 9.17) is 37.0 Å². The van der Waals surface area contributed by atoms with E-state index < -0.39 is 97.5 Å². The van der Waals surface area contributed by atoms with E-state index >= 15 is 0 Å². The topological polar surface area (TPSA) is 237 Å². The summed E-state index contributed by atoms with van der Waals surface area (Å²) in [6.07, 6.45) is 75.6. The van der Waals surface area contributed by atoms with Crippen molar-refractivity contribution in [1.29, 1.82) is 0 Å². The van der Waals surface area contributed by atoms with Gasteiger partial charge in [0.25, 0.3) is 0 Å². The molecule has 0 aliphatic heterocycles. The van der Waals surface area contributed by atoms with E-state index in [2.05, 4.69) is 113 Å². The number of carbonyl (C=O) groups excluding carboxylic acids is 4. The molecule has 0 aromatic heterocycles. The molecule has 0 saturated heterocycles. The van der Waals surface area contributed by atoms with Gasteiger partial charge in [-0.05, 0) is 109 Å². The van der Waals surface area contributed by atoms with Crippen molar-refractivity contribution in [2.24, 2.45) is 0 Å². The fourth-order valence-corrected chi connectivity index (χ4v) is 12.4. The van der Waals surface area contributed by atoms with Gasteiger partial charge in [-0.1, -0.05) is 299 Å². The number of unbranched alkanes of at least 4 members (excludes halogenated alkanes) is 35. The first kappa shape index (κ1) is 96.2. The molecule has 0 aromatic carbocycles.